The van der Waals surface area contributed by atoms with E-state index in [2.05, 4.69) is 25.8 Å². The molecule has 0 atom stereocenters. The number of anilines is 1. The number of benzene rings is 2. The number of aromatic nitrogens is 3. The number of hydrogen-bond donors (Lipinski definition) is 3. The molecule has 9 nitrogen and oxygen atoms in total. The Morgan fingerprint density at radius 1 is 1.16 bits per heavy atom. The zero-order valence-corrected chi connectivity index (χ0v) is 17.2. The van der Waals surface area contributed by atoms with Crippen LogP contribution >= 0.6 is 11.8 Å². The van der Waals surface area contributed by atoms with Crippen LogP contribution in [0.15, 0.2) is 53.9 Å². The molecular weight excluding hydrogens is 449 g/mol. The number of nitrogens with zero attached hydrogens (tertiary/aromatic N) is 3. The summed E-state index contributed by atoms with van der Waals surface area (Å²) in [6, 6.07) is 9.18. The molecule has 0 bridgehead atoms. The molecule has 0 aliphatic carbocycles. The Kier molecular flexibility index (Phi) is 7.30. The summed E-state index contributed by atoms with van der Waals surface area (Å²) < 4.78 is 38.3. The fraction of sp³-hybridized carbons (Fsp3) is 0.211. The molecule has 32 heavy (non-hydrogen) atoms. The Labute approximate surface area is 184 Å². The number of rotatable bonds is 9. The van der Waals surface area contributed by atoms with Crippen molar-refractivity contribution in [3.8, 4) is 0 Å². The van der Waals surface area contributed by atoms with Crippen LogP contribution in [0, 0.1) is 10.1 Å². The molecular formula is C19H17F3N6O3S. The average Bonchev–Trinajstić information content (AvgIpc) is 3.28. The van der Waals surface area contributed by atoms with Crippen molar-refractivity contribution in [3.05, 3.63) is 75.6 Å². The number of nitro benzene ring substituents is 1. The molecule has 0 aliphatic heterocycles. The van der Waals surface area contributed by atoms with E-state index in [4.69, 9.17) is 0 Å². The molecule has 1 amide bonds. The van der Waals surface area contributed by atoms with Crippen LogP contribution in [-0.4, -0.2) is 39.1 Å². The summed E-state index contributed by atoms with van der Waals surface area (Å²) in [7, 11) is 0. The van der Waals surface area contributed by atoms with E-state index in [1.165, 1.54) is 18.1 Å². The number of aromatic amines is 1. The number of amides is 1. The second kappa shape index (κ2) is 10.1. The maximum absolute atomic E-state index is 12.8. The topological polar surface area (TPSA) is 126 Å². The lowest BCUT2D eigenvalue weighted by molar-refractivity contribution is -0.384. The van der Waals surface area contributed by atoms with Crippen LogP contribution in [-0.2, 0) is 11.9 Å². The molecule has 0 radical (unpaired) electrons. The fourth-order valence-electron chi connectivity index (χ4n) is 2.65. The smallest absolute Gasteiger partial charge is 0.378 e. The standard InChI is InChI=1S/C19H17F3N6O3S/c20-19(21,22)14-5-6-15(16(9-14)28(30)31)23-7-8-24-17(29)13-3-1-12(2-4-13)10-32-18-25-11-26-27-18/h1-6,9,11,23H,7-8,10H2,(H,24,29)(H,25,26,27). The summed E-state index contributed by atoms with van der Waals surface area (Å²) in [5.74, 6) is 0.301. The number of halogens is 3. The number of alkyl halides is 3. The first-order valence-electron chi connectivity index (χ1n) is 9.19. The van der Waals surface area contributed by atoms with E-state index in [1.54, 1.807) is 12.1 Å². The van der Waals surface area contributed by atoms with Gasteiger partial charge in [-0.05, 0) is 29.8 Å². The molecule has 2 aromatic carbocycles. The Bertz CT molecular complexity index is 1070. The van der Waals surface area contributed by atoms with Crippen LogP contribution in [0.4, 0.5) is 24.5 Å². The highest BCUT2D eigenvalue weighted by Gasteiger charge is 2.33. The third kappa shape index (κ3) is 6.20. The Morgan fingerprint density at radius 3 is 2.53 bits per heavy atom. The molecule has 168 valence electrons. The summed E-state index contributed by atoms with van der Waals surface area (Å²) in [5.41, 5.74) is -0.445. The summed E-state index contributed by atoms with van der Waals surface area (Å²) in [6.07, 6.45) is -3.26. The number of carbonyl (C=O) groups is 1. The molecule has 3 aromatic rings. The van der Waals surface area contributed by atoms with Gasteiger partial charge < -0.3 is 10.6 Å². The third-order valence-electron chi connectivity index (χ3n) is 4.23. The molecule has 0 fully saturated rings. The normalized spacial score (nSPS) is 11.2. The van der Waals surface area contributed by atoms with Crippen molar-refractivity contribution in [2.24, 2.45) is 0 Å². The van der Waals surface area contributed by atoms with Crippen LogP contribution in [0.25, 0.3) is 0 Å². The predicted molar refractivity (Wildman–Crippen MR) is 111 cm³/mol. The van der Waals surface area contributed by atoms with Crippen molar-refractivity contribution in [1.82, 2.24) is 20.5 Å². The lowest BCUT2D eigenvalue weighted by Crippen LogP contribution is -2.28. The van der Waals surface area contributed by atoms with Gasteiger partial charge in [0.25, 0.3) is 11.6 Å². The molecule has 0 unspecified atom stereocenters. The quantitative estimate of drug-likeness (QED) is 0.189. The molecule has 1 heterocycles. The zero-order chi connectivity index (χ0) is 23.1. The summed E-state index contributed by atoms with van der Waals surface area (Å²) >= 11 is 1.47. The van der Waals surface area contributed by atoms with Crippen LogP contribution in [0.3, 0.4) is 0 Å². The zero-order valence-electron chi connectivity index (χ0n) is 16.3. The number of nitro groups is 1. The van der Waals surface area contributed by atoms with Gasteiger partial charge in [-0.15, -0.1) is 0 Å². The monoisotopic (exact) mass is 466 g/mol. The van der Waals surface area contributed by atoms with Crippen molar-refractivity contribution >= 4 is 29.0 Å². The Balaban J connectivity index is 1.49. The maximum Gasteiger partial charge on any atom is 0.416 e. The minimum atomic E-state index is -4.68. The number of H-pyrrole nitrogens is 1. The van der Waals surface area contributed by atoms with Crippen LogP contribution in [0.1, 0.15) is 21.5 Å². The summed E-state index contributed by atoms with van der Waals surface area (Å²) in [4.78, 5) is 26.4. The summed E-state index contributed by atoms with van der Waals surface area (Å²) in [6.45, 7) is 0.198. The van der Waals surface area contributed by atoms with Gasteiger partial charge in [-0.1, -0.05) is 23.9 Å². The van der Waals surface area contributed by atoms with Gasteiger partial charge in [0.1, 0.15) is 12.0 Å². The van der Waals surface area contributed by atoms with Crippen molar-refractivity contribution in [1.29, 1.82) is 0 Å². The van der Waals surface area contributed by atoms with Crippen LogP contribution in [0.5, 0.6) is 0 Å². The largest absolute Gasteiger partial charge is 0.416 e. The molecule has 0 aliphatic rings. The minimum absolute atomic E-state index is 0.0640. The van der Waals surface area contributed by atoms with Gasteiger partial charge in [-0.2, -0.15) is 18.3 Å². The fourth-order valence-corrected chi connectivity index (χ4v) is 3.39. The molecule has 0 saturated carbocycles. The van der Waals surface area contributed by atoms with Gasteiger partial charge in [0.2, 0.25) is 0 Å². The Hall–Kier alpha value is -3.61. The highest BCUT2D eigenvalue weighted by molar-refractivity contribution is 7.98. The van der Waals surface area contributed by atoms with E-state index < -0.39 is 22.4 Å². The molecule has 13 heteroatoms. The lowest BCUT2D eigenvalue weighted by atomic mass is 10.1. The number of hydrogen-bond acceptors (Lipinski definition) is 7. The van der Waals surface area contributed by atoms with E-state index in [0.717, 1.165) is 17.7 Å². The van der Waals surface area contributed by atoms with E-state index in [0.29, 0.717) is 22.5 Å². The second-order valence-electron chi connectivity index (χ2n) is 6.45. The molecule has 1 aromatic heterocycles. The Morgan fingerprint density at radius 2 is 1.91 bits per heavy atom. The number of carbonyl (C=O) groups excluding carboxylic acids is 1. The van der Waals surface area contributed by atoms with Gasteiger partial charge in [0.05, 0.1) is 10.5 Å². The third-order valence-corrected chi connectivity index (χ3v) is 5.18. The first kappa shape index (κ1) is 23.1. The number of thioether (sulfide) groups is 1. The van der Waals surface area contributed by atoms with Gasteiger partial charge in [-0.25, -0.2) is 4.98 Å². The van der Waals surface area contributed by atoms with Gasteiger partial charge >= 0.3 is 6.18 Å². The van der Waals surface area contributed by atoms with Crippen molar-refractivity contribution in [2.75, 3.05) is 18.4 Å². The molecule has 3 rings (SSSR count). The highest BCUT2D eigenvalue weighted by atomic mass is 32.2. The van der Waals surface area contributed by atoms with Crippen LogP contribution < -0.4 is 10.6 Å². The molecule has 0 spiro atoms. The average molecular weight is 466 g/mol. The summed E-state index contributed by atoms with van der Waals surface area (Å²) in [5, 5.41) is 23.6. The van der Waals surface area contributed by atoms with E-state index in [1.807, 2.05) is 12.1 Å². The SMILES string of the molecule is O=C(NCCNc1ccc(C(F)(F)F)cc1[N+](=O)[O-])c1ccc(CSc2ncn[nH]2)cc1. The van der Waals surface area contributed by atoms with E-state index in [-0.39, 0.29) is 24.7 Å². The van der Waals surface area contributed by atoms with E-state index in [9.17, 15) is 28.1 Å². The van der Waals surface area contributed by atoms with Gasteiger partial charge in [-0.3, -0.25) is 20.0 Å². The number of nitrogens with one attached hydrogen (secondary N) is 3. The van der Waals surface area contributed by atoms with Crippen molar-refractivity contribution in [3.63, 3.8) is 0 Å². The lowest BCUT2D eigenvalue weighted by Gasteiger charge is -2.11. The van der Waals surface area contributed by atoms with E-state index >= 15 is 0 Å². The highest BCUT2D eigenvalue weighted by Crippen LogP contribution is 2.34. The molecule has 0 saturated heterocycles. The first-order chi connectivity index (χ1) is 15.2. The van der Waals surface area contributed by atoms with Gasteiger partial charge in [0.15, 0.2) is 5.16 Å². The van der Waals surface area contributed by atoms with Crippen LogP contribution in [0.2, 0.25) is 0 Å². The second-order valence-corrected chi connectivity index (χ2v) is 7.41. The minimum Gasteiger partial charge on any atom is -0.378 e. The predicted octanol–water partition coefficient (Wildman–Crippen LogP) is 3.87. The van der Waals surface area contributed by atoms with Crippen molar-refractivity contribution < 1.29 is 22.9 Å². The van der Waals surface area contributed by atoms with Crippen molar-refractivity contribution in [2.45, 2.75) is 17.1 Å². The molecule has 3 N–H and O–H groups in total. The maximum atomic E-state index is 12.8. The van der Waals surface area contributed by atoms with Gasteiger partial charge in [0, 0.05) is 30.5 Å². The first-order valence-corrected chi connectivity index (χ1v) is 10.2.